The van der Waals surface area contributed by atoms with E-state index in [0.29, 0.717) is 5.75 Å². The van der Waals surface area contributed by atoms with E-state index in [0.717, 1.165) is 29.8 Å². The third kappa shape index (κ3) is 5.68. The summed E-state index contributed by atoms with van der Waals surface area (Å²) in [5.41, 5.74) is 1.09. The number of carbonyl (C=O) groups excluding carboxylic acids is 1. The number of benzene rings is 2. The lowest BCUT2D eigenvalue weighted by Gasteiger charge is -2.11. The zero-order chi connectivity index (χ0) is 20.9. The molecule has 0 saturated heterocycles. The van der Waals surface area contributed by atoms with Gasteiger partial charge in [0.2, 0.25) is 0 Å². The van der Waals surface area contributed by atoms with Crippen LogP contribution in [0, 0.1) is 5.82 Å². The van der Waals surface area contributed by atoms with Crippen molar-refractivity contribution in [3.8, 4) is 5.75 Å². The molecular formula is C20H19ClFN3O4S. The van der Waals surface area contributed by atoms with E-state index in [2.05, 4.69) is 15.0 Å². The maximum Gasteiger partial charge on any atom is 0.261 e. The van der Waals surface area contributed by atoms with Crippen molar-refractivity contribution in [2.24, 2.45) is 0 Å². The van der Waals surface area contributed by atoms with Gasteiger partial charge in [0.25, 0.3) is 15.9 Å². The predicted octanol–water partition coefficient (Wildman–Crippen LogP) is 3.38. The summed E-state index contributed by atoms with van der Waals surface area (Å²) in [6, 6.07) is 13.0. The van der Waals surface area contributed by atoms with E-state index < -0.39 is 21.7 Å². The number of pyridine rings is 1. The molecule has 2 N–H and O–H groups in total. The number of hydrogen-bond acceptors (Lipinski definition) is 5. The number of halogens is 2. The molecule has 7 nitrogen and oxygen atoms in total. The van der Waals surface area contributed by atoms with Gasteiger partial charge >= 0.3 is 0 Å². The first-order chi connectivity index (χ1) is 13.9. The molecule has 1 aromatic heterocycles. The Morgan fingerprint density at radius 2 is 1.80 bits per heavy atom. The van der Waals surface area contributed by atoms with Crippen molar-refractivity contribution in [2.45, 2.75) is 11.4 Å². The molecule has 0 radical (unpaired) electrons. The summed E-state index contributed by atoms with van der Waals surface area (Å²) >= 11 is 0. The van der Waals surface area contributed by atoms with Crippen LogP contribution in [-0.4, -0.2) is 26.4 Å². The van der Waals surface area contributed by atoms with Crippen LogP contribution >= 0.6 is 12.4 Å². The molecule has 0 aliphatic rings. The number of aromatic nitrogens is 1. The first-order valence-corrected chi connectivity index (χ1v) is 10.0. The standard InChI is InChI=1S/C20H18FN3O4S.ClH/c1-28-19-5-3-2-4-14(19)12-23-20(25)15-10-17(13-22-11-15)24-29(26,27)18-8-6-16(21)7-9-18;/h2-11,13,24H,12H2,1H3,(H,23,25);1H. The van der Waals surface area contributed by atoms with Crippen LogP contribution in [0.25, 0.3) is 0 Å². The number of sulfonamides is 1. The third-order valence-electron chi connectivity index (χ3n) is 4.01. The summed E-state index contributed by atoms with van der Waals surface area (Å²) in [6.07, 6.45) is 2.60. The van der Waals surface area contributed by atoms with E-state index >= 15 is 0 Å². The predicted molar refractivity (Wildman–Crippen MR) is 113 cm³/mol. The van der Waals surface area contributed by atoms with Crippen molar-refractivity contribution < 1.29 is 22.3 Å². The fourth-order valence-corrected chi connectivity index (χ4v) is 3.61. The van der Waals surface area contributed by atoms with E-state index in [1.165, 1.54) is 18.5 Å². The number of hydrogen-bond donors (Lipinski definition) is 2. The molecule has 2 aromatic carbocycles. The van der Waals surface area contributed by atoms with E-state index in [1.54, 1.807) is 13.2 Å². The van der Waals surface area contributed by atoms with Crippen molar-refractivity contribution in [3.05, 3.63) is 83.9 Å². The van der Waals surface area contributed by atoms with Gasteiger partial charge in [0.05, 0.1) is 29.5 Å². The molecule has 158 valence electrons. The van der Waals surface area contributed by atoms with Crippen LogP contribution in [0.3, 0.4) is 0 Å². The Balaban J connectivity index is 0.00000320. The average Bonchev–Trinajstić information content (AvgIpc) is 2.72. The molecule has 30 heavy (non-hydrogen) atoms. The summed E-state index contributed by atoms with van der Waals surface area (Å²) in [5, 5.41) is 2.74. The lowest BCUT2D eigenvalue weighted by molar-refractivity contribution is 0.0950. The Morgan fingerprint density at radius 3 is 2.50 bits per heavy atom. The van der Waals surface area contributed by atoms with Crippen LogP contribution in [0.5, 0.6) is 5.75 Å². The highest BCUT2D eigenvalue weighted by atomic mass is 35.5. The van der Waals surface area contributed by atoms with Gasteiger partial charge < -0.3 is 10.1 Å². The summed E-state index contributed by atoms with van der Waals surface area (Å²) in [4.78, 5) is 16.2. The van der Waals surface area contributed by atoms with Gasteiger partial charge in [0.15, 0.2) is 0 Å². The second-order valence-corrected chi connectivity index (χ2v) is 7.70. The second kappa shape index (κ2) is 10.0. The van der Waals surface area contributed by atoms with Gasteiger partial charge in [0, 0.05) is 18.3 Å². The monoisotopic (exact) mass is 451 g/mol. The van der Waals surface area contributed by atoms with Gasteiger partial charge in [-0.1, -0.05) is 18.2 Å². The Bertz CT molecular complexity index is 1120. The molecule has 0 bridgehead atoms. The number of amides is 1. The maximum atomic E-state index is 13.0. The van der Waals surface area contributed by atoms with Crippen molar-refractivity contribution >= 4 is 34.0 Å². The molecule has 0 unspecified atom stereocenters. The number of methoxy groups -OCH3 is 1. The van der Waals surface area contributed by atoms with E-state index in [1.807, 2.05) is 18.2 Å². The molecule has 3 aromatic rings. The van der Waals surface area contributed by atoms with Gasteiger partial charge in [0.1, 0.15) is 11.6 Å². The number of ether oxygens (including phenoxy) is 1. The zero-order valence-electron chi connectivity index (χ0n) is 15.8. The Hall–Kier alpha value is -3.17. The first-order valence-electron chi connectivity index (χ1n) is 8.52. The van der Waals surface area contributed by atoms with Gasteiger partial charge in [-0.2, -0.15) is 0 Å². The number of rotatable bonds is 7. The lowest BCUT2D eigenvalue weighted by atomic mass is 10.2. The molecular weight excluding hydrogens is 433 g/mol. The van der Waals surface area contributed by atoms with Crippen LogP contribution in [0.4, 0.5) is 10.1 Å². The molecule has 0 spiro atoms. The summed E-state index contributed by atoms with van der Waals surface area (Å²) in [6.45, 7) is 0.231. The normalized spacial score (nSPS) is 10.6. The van der Waals surface area contributed by atoms with Gasteiger partial charge in [-0.05, 0) is 36.4 Å². The molecule has 0 aliphatic heterocycles. The largest absolute Gasteiger partial charge is 0.496 e. The fourth-order valence-electron chi connectivity index (χ4n) is 2.57. The maximum absolute atomic E-state index is 13.0. The molecule has 0 fully saturated rings. The number of anilines is 1. The molecule has 10 heteroatoms. The van der Waals surface area contributed by atoms with Gasteiger partial charge in [-0.3, -0.25) is 14.5 Å². The number of carbonyl (C=O) groups is 1. The minimum Gasteiger partial charge on any atom is -0.496 e. The van der Waals surface area contributed by atoms with Gasteiger partial charge in [-0.15, -0.1) is 12.4 Å². The van der Waals surface area contributed by atoms with E-state index in [-0.39, 0.29) is 35.1 Å². The number of nitrogens with zero attached hydrogens (tertiary/aromatic N) is 1. The Morgan fingerprint density at radius 1 is 1.10 bits per heavy atom. The smallest absolute Gasteiger partial charge is 0.261 e. The van der Waals surface area contributed by atoms with Crippen molar-refractivity contribution in [1.29, 1.82) is 0 Å². The van der Waals surface area contributed by atoms with Gasteiger partial charge in [-0.25, -0.2) is 12.8 Å². The van der Waals surface area contributed by atoms with Crippen LogP contribution < -0.4 is 14.8 Å². The topological polar surface area (TPSA) is 97.4 Å². The number of nitrogens with one attached hydrogen (secondary N) is 2. The number of para-hydroxylation sites is 1. The lowest BCUT2D eigenvalue weighted by Crippen LogP contribution is -2.23. The second-order valence-electron chi connectivity index (χ2n) is 6.02. The molecule has 0 atom stereocenters. The summed E-state index contributed by atoms with van der Waals surface area (Å²) in [7, 11) is -2.40. The van der Waals surface area contributed by atoms with Crippen molar-refractivity contribution in [1.82, 2.24) is 10.3 Å². The average molecular weight is 452 g/mol. The zero-order valence-corrected chi connectivity index (χ0v) is 17.5. The fraction of sp³-hybridized carbons (Fsp3) is 0.100. The van der Waals surface area contributed by atoms with Crippen molar-refractivity contribution in [3.63, 3.8) is 0 Å². The third-order valence-corrected chi connectivity index (χ3v) is 5.41. The van der Waals surface area contributed by atoms with Crippen LogP contribution in [0.15, 0.2) is 71.9 Å². The molecule has 3 rings (SSSR count). The Kier molecular flexibility index (Phi) is 7.73. The Labute approximate surface area is 179 Å². The van der Waals surface area contributed by atoms with Crippen LogP contribution in [0.2, 0.25) is 0 Å². The highest BCUT2D eigenvalue weighted by Gasteiger charge is 2.16. The summed E-state index contributed by atoms with van der Waals surface area (Å²) < 4.78 is 45.4. The summed E-state index contributed by atoms with van der Waals surface area (Å²) in [5.74, 6) is -0.322. The van der Waals surface area contributed by atoms with Crippen LogP contribution in [0.1, 0.15) is 15.9 Å². The molecule has 0 saturated carbocycles. The minimum absolute atomic E-state index is 0. The molecule has 1 amide bonds. The van der Waals surface area contributed by atoms with Crippen LogP contribution in [-0.2, 0) is 16.6 Å². The molecule has 0 aliphatic carbocycles. The minimum atomic E-state index is -3.94. The first kappa shape index (κ1) is 23.1. The van der Waals surface area contributed by atoms with E-state index in [9.17, 15) is 17.6 Å². The highest BCUT2D eigenvalue weighted by molar-refractivity contribution is 7.92. The molecule has 1 heterocycles. The SMILES string of the molecule is COc1ccccc1CNC(=O)c1cncc(NS(=O)(=O)c2ccc(F)cc2)c1.Cl. The van der Waals surface area contributed by atoms with Crippen molar-refractivity contribution in [2.75, 3.05) is 11.8 Å². The quantitative estimate of drug-likeness (QED) is 0.574. The van der Waals surface area contributed by atoms with E-state index in [4.69, 9.17) is 4.74 Å². The highest BCUT2D eigenvalue weighted by Crippen LogP contribution is 2.18.